The fourth-order valence-electron chi connectivity index (χ4n) is 1.55. The van der Waals surface area contributed by atoms with Gasteiger partial charge in [0.2, 0.25) is 0 Å². The highest BCUT2D eigenvalue weighted by atomic mass is 32.2. The average molecular weight is 305 g/mol. The first-order valence-electron chi connectivity index (χ1n) is 5.90. The third-order valence-corrected chi connectivity index (χ3v) is 6.29. The Morgan fingerprint density at radius 2 is 2.11 bits per heavy atom. The molecular formula is C12H19NO4S2. The van der Waals surface area contributed by atoms with Crippen molar-refractivity contribution in [3.8, 4) is 0 Å². The van der Waals surface area contributed by atoms with Crippen molar-refractivity contribution < 1.29 is 17.9 Å². The molecule has 7 heteroatoms. The lowest BCUT2D eigenvalue weighted by atomic mass is 10.0. The minimum Gasteiger partial charge on any atom is -0.466 e. The molecule has 0 aliphatic carbocycles. The zero-order valence-corrected chi connectivity index (χ0v) is 13.2. The molecule has 0 aliphatic rings. The van der Waals surface area contributed by atoms with E-state index in [9.17, 15) is 13.2 Å². The van der Waals surface area contributed by atoms with Gasteiger partial charge in [0, 0.05) is 12.6 Å². The molecule has 0 saturated carbocycles. The molecule has 0 unspecified atom stereocenters. The van der Waals surface area contributed by atoms with Crippen molar-refractivity contribution in [3.63, 3.8) is 0 Å². The Hall–Kier alpha value is -0.920. The molecule has 1 rings (SSSR count). The Kier molecular flexibility index (Phi) is 5.11. The summed E-state index contributed by atoms with van der Waals surface area (Å²) < 4.78 is 31.1. The van der Waals surface area contributed by atoms with Crippen LogP contribution in [0.2, 0.25) is 0 Å². The van der Waals surface area contributed by atoms with Crippen LogP contribution in [0.4, 0.5) is 0 Å². The Balaban J connectivity index is 2.92. The lowest BCUT2D eigenvalue weighted by molar-refractivity contribution is -0.145. The zero-order chi connectivity index (χ0) is 14.7. The van der Waals surface area contributed by atoms with Gasteiger partial charge in [0.25, 0.3) is 10.0 Å². The smallest absolute Gasteiger partial charge is 0.307 e. The van der Waals surface area contributed by atoms with Crippen LogP contribution in [0.3, 0.4) is 0 Å². The highest BCUT2D eigenvalue weighted by Crippen LogP contribution is 2.28. The molecule has 0 N–H and O–H groups in total. The highest BCUT2D eigenvalue weighted by molar-refractivity contribution is 7.91. The minimum atomic E-state index is -3.57. The molecule has 0 radical (unpaired) electrons. The van der Waals surface area contributed by atoms with Crippen LogP contribution >= 0.6 is 11.3 Å². The molecule has 0 aliphatic heterocycles. The quantitative estimate of drug-likeness (QED) is 0.755. The van der Waals surface area contributed by atoms with Crippen LogP contribution in [-0.4, -0.2) is 37.9 Å². The van der Waals surface area contributed by atoms with E-state index in [-0.39, 0.29) is 17.2 Å². The first-order chi connectivity index (χ1) is 8.71. The van der Waals surface area contributed by atoms with Gasteiger partial charge in [0.1, 0.15) is 4.21 Å². The molecule has 0 bridgehead atoms. The normalized spacial score (nSPS) is 12.7. The summed E-state index contributed by atoms with van der Waals surface area (Å²) in [5.74, 6) is -0.402. The van der Waals surface area contributed by atoms with E-state index in [1.54, 1.807) is 38.3 Å². The molecule has 0 aromatic carbocycles. The summed E-state index contributed by atoms with van der Waals surface area (Å²) >= 11 is 1.16. The number of nitrogens with zero attached hydrogens (tertiary/aromatic N) is 1. The van der Waals surface area contributed by atoms with E-state index in [4.69, 9.17) is 4.74 Å². The van der Waals surface area contributed by atoms with Crippen molar-refractivity contribution in [2.24, 2.45) is 0 Å². The summed E-state index contributed by atoms with van der Waals surface area (Å²) in [7, 11) is -2.09. The van der Waals surface area contributed by atoms with Gasteiger partial charge in [-0.05, 0) is 32.2 Å². The number of hydrogen-bond acceptors (Lipinski definition) is 5. The Morgan fingerprint density at radius 3 is 2.58 bits per heavy atom. The highest BCUT2D eigenvalue weighted by Gasteiger charge is 2.36. The molecule has 5 nitrogen and oxygen atoms in total. The predicted molar refractivity (Wildman–Crippen MR) is 74.6 cm³/mol. The van der Waals surface area contributed by atoms with E-state index in [2.05, 4.69) is 0 Å². The van der Waals surface area contributed by atoms with E-state index >= 15 is 0 Å². The fraction of sp³-hybridized carbons (Fsp3) is 0.583. The van der Waals surface area contributed by atoms with Gasteiger partial charge < -0.3 is 4.74 Å². The van der Waals surface area contributed by atoms with Crippen LogP contribution < -0.4 is 0 Å². The van der Waals surface area contributed by atoms with E-state index in [0.717, 1.165) is 11.3 Å². The van der Waals surface area contributed by atoms with Crippen molar-refractivity contribution >= 4 is 27.3 Å². The lowest BCUT2D eigenvalue weighted by Gasteiger charge is -2.33. The second kappa shape index (κ2) is 6.02. The van der Waals surface area contributed by atoms with Gasteiger partial charge in [-0.15, -0.1) is 11.3 Å². The number of ether oxygens (including phenoxy) is 1. The topological polar surface area (TPSA) is 63.7 Å². The summed E-state index contributed by atoms with van der Waals surface area (Å²) in [6.45, 7) is 5.41. The summed E-state index contributed by atoms with van der Waals surface area (Å²) in [6, 6.07) is 3.24. The lowest BCUT2D eigenvalue weighted by Crippen LogP contribution is -2.46. The molecule has 0 amide bonds. The number of carbonyl (C=O) groups excluding carboxylic acids is 1. The van der Waals surface area contributed by atoms with Gasteiger partial charge in [-0.1, -0.05) is 6.07 Å². The van der Waals surface area contributed by atoms with Crippen molar-refractivity contribution in [2.45, 2.75) is 36.9 Å². The molecule has 1 aromatic heterocycles. The Labute approximate surface area is 118 Å². The van der Waals surface area contributed by atoms with Gasteiger partial charge in [0.15, 0.2) is 0 Å². The molecule has 1 heterocycles. The maximum Gasteiger partial charge on any atom is 0.307 e. The summed E-state index contributed by atoms with van der Waals surface area (Å²) in [4.78, 5) is 11.5. The van der Waals surface area contributed by atoms with Gasteiger partial charge in [-0.2, -0.15) is 4.31 Å². The summed E-state index contributed by atoms with van der Waals surface area (Å²) in [5, 5.41) is 1.71. The second-order valence-corrected chi connectivity index (χ2v) is 7.84. The maximum atomic E-state index is 12.4. The summed E-state index contributed by atoms with van der Waals surface area (Å²) in [6.07, 6.45) is 0.0158. The van der Waals surface area contributed by atoms with Crippen LogP contribution in [0, 0.1) is 0 Å². The SMILES string of the molecule is CCOC(=O)CC(C)(C)N(C)S(=O)(=O)c1cccs1. The molecule has 1 aromatic rings. The third-order valence-electron chi connectivity index (χ3n) is 2.84. The third kappa shape index (κ3) is 3.77. The van der Waals surface area contributed by atoms with E-state index < -0.39 is 21.5 Å². The number of rotatable bonds is 6. The van der Waals surface area contributed by atoms with Gasteiger partial charge in [-0.3, -0.25) is 4.79 Å². The molecule has 0 fully saturated rings. The first kappa shape index (κ1) is 16.1. The molecule has 0 atom stereocenters. The van der Waals surface area contributed by atoms with E-state index in [1.807, 2.05) is 0 Å². The summed E-state index contributed by atoms with van der Waals surface area (Å²) in [5.41, 5.74) is -0.838. The van der Waals surface area contributed by atoms with Crippen LogP contribution in [0.1, 0.15) is 27.2 Å². The van der Waals surface area contributed by atoms with Crippen LogP contribution in [0.15, 0.2) is 21.7 Å². The van der Waals surface area contributed by atoms with E-state index in [0.29, 0.717) is 0 Å². The monoisotopic (exact) mass is 305 g/mol. The molecule has 108 valence electrons. The van der Waals surface area contributed by atoms with Gasteiger partial charge in [-0.25, -0.2) is 8.42 Å². The van der Waals surface area contributed by atoms with Gasteiger partial charge in [0.05, 0.1) is 13.0 Å². The predicted octanol–water partition coefficient (Wildman–Crippen LogP) is 2.10. The minimum absolute atomic E-state index is 0.0158. The van der Waals surface area contributed by atoms with Crippen molar-refractivity contribution in [1.29, 1.82) is 0 Å². The van der Waals surface area contributed by atoms with Crippen molar-refractivity contribution in [1.82, 2.24) is 4.31 Å². The van der Waals surface area contributed by atoms with Gasteiger partial charge >= 0.3 is 5.97 Å². The molecular weight excluding hydrogens is 286 g/mol. The first-order valence-corrected chi connectivity index (χ1v) is 8.22. The van der Waals surface area contributed by atoms with Crippen LogP contribution in [0.5, 0.6) is 0 Å². The number of esters is 1. The average Bonchev–Trinajstić information content (AvgIpc) is 2.81. The Bertz CT molecular complexity index is 520. The second-order valence-electron chi connectivity index (χ2n) is 4.70. The largest absolute Gasteiger partial charge is 0.466 e. The number of sulfonamides is 1. The molecule has 0 saturated heterocycles. The van der Waals surface area contributed by atoms with Crippen molar-refractivity contribution in [2.75, 3.05) is 13.7 Å². The molecule has 0 spiro atoms. The van der Waals surface area contributed by atoms with E-state index in [1.165, 1.54) is 11.4 Å². The zero-order valence-electron chi connectivity index (χ0n) is 11.5. The molecule has 19 heavy (non-hydrogen) atoms. The fourth-order valence-corrected chi connectivity index (χ4v) is 4.22. The number of hydrogen-bond donors (Lipinski definition) is 0. The standard InChI is InChI=1S/C12H19NO4S2/c1-5-17-10(14)9-12(2,3)13(4)19(15,16)11-7-6-8-18-11/h6-8H,5,9H2,1-4H3. The van der Waals surface area contributed by atoms with Crippen LogP contribution in [0.25, 0.3) is 0 Å². The van der Waals surface area contributed by atoms with Crippen LogP contribution in [-0.2, 0) is 19.6 Å². The number of carbonyl (C=O) groups is 1. The number of thiophene rings is 1. The maximum absolute atomic E-state index is 12.4. The Morgan fingerprint density at radius 1 is 1.47 bits per heavy atom. The van der Waals surface area contributed by atoms with Crippen molar-refractivity contribution in [3.05, 3.63) is 17.5 Å².